The molecule has 3 rings (SSSR count). The first-order valence-corrected chi connectivity index (χ1v) is 7.23. The number of hydrogen-bond donors (Lipinski definition) is 0. The molecule has 0 saturated carbocycles. The van der Waals surface area contributed by atoms with Crippen LogP contribution in [0.3, 0.4) is 0 Å². The smallest absolute Gasteiger partial charge is 0.115 e. The second-order valence-corrected chi connectivity index (χ2v) is 5.23. The van der Waals surface area contributed by atoms with Crippen LogP contribution >= 0.6 is 23.2 Å². The lowest BCUT2D eigenvalue weighted by atomic mass is 10.2. The molecule has 0 aliphatic heterocycles. The van der Waals surface area contributed by atoms with E-state index in [1.807, 2.05) is 16.7 Å². The molecule has 4 nitrogen and oxygen atoms in total. The van der Waals surface area contributed by atoms with Gasteiger partial charge in [-0.3, -0.25) is 9.55 Å². The summed E-state index contributed by atoms with van der Waals surface area (Å²) in [5.74, 6) is 1.28. The molecular formula is C15H10Cl2N4. The molecular weight excluding hydrogens is 307 g/mol. The summed E-state index contributed by atoms with van der Waals surface area (Å²) in [6.07, 6.45) is 4.04. The van der Waals surface area contributed by atoms with Crippen molar-refractivity contribution in [3.8, 4) is 11.8 Å². The number of benzene rings is 1. The number of halogens is 2. The fraction of sp³-hybridized carbons (Fsp3) is 0.133. The van der Waals surface area contributed by atoms with Crippen LogP contribution in [-0.4, -0.2) is 20.4 Å². The molecule has 0 saturated heterocycles. The van der Waals surface area contributed by atoms with Crippen LogP contribution in [-0.2, 0) is 6.42 Å². The Morgan fingerprint density at radius 2 is 2.14 bits per heavy atom. The molecule has 21 heavy (non-hydrogen) atoms. The average molecular weight is 317 g/mol. The summed E-state index contributed by atoms with van der Waals surface area (Å²) >= 11 is 12.2. The van der Waals surface area contributed by atoms with Crippen molar-refractivity contribution >= 4 is 34.2 Å². The van der Waals surface area contributed by atoms with Crippen molar-refractivity contribution in [1.82, 2.24) is 14.5 Å². The molecule has 0 bridgehead atoms. The molecule has 0 fully saturated rings. The average Bonchev–Trinajstić information content (AvgIpc) is 2.85. The van der Waals surface area contributed by atoms with Gasteiger partial charge in [-0.2, -0.15) is 5.26 Å². The monoisotopic (exact) mass is 316 g/mol. The summed E-state index contributed by atoms with van der Waals surface area (Å²) in [5, 5.41) is 9.44. The van der Waals surface area contributed by atoms with Crippen molar-refractivity contribution in [2.75, 3.05) is 5.88 Å². The molecule has 0 atom stereocenters. The third kappa shape index (κ3) is 2.46. The summed E-state index contributed by atoms with van der Waals surface area (Å²) in [5.41, 5.74) is 3.01. The number of nitriles is 1. The molecule has 0 radical (unpaired) electrons. The van der Waals surface area contributed by atoms with Crippen LogP contribution in [0.25, 0.3) is 16.7 Å². The van der Waals surface area contributed by atoms with Gasteiger partial charge < -0.3 is 0 Å². The zero-order valence-electron chi connectivity index (χ0n) is 10.9. The lowest BCUT2D eigenvalue weighted by molar-refractivity contribution is 0.912. The number of aryl methyl sites for hydroxylation is 1. The minimum absolute atomic E-state index is 0.463. The van der Waals surface area contributed by atoms with Gasteiger partial charge in [-0.05, 0) is 24.3 Å². The van der Waals surface area contributed by atoms with Crippen molar-refractivity contribution in [3.63, 3.8) is 0 Å². The number of fused-ring (bicyclic) bond motifs is 1. The number of pyridine rings is 1. The molecule has 1 aromatic carbocycles. The van der Waals surface area contributed by atoms with E-state index >= 15 is 0 Å². The van der Waals surface area contributed by atoms with Crippen molar-refractivity contribution in [1.29, 1.82) is 5.26 Å². The van der Waals surface area contributed by atoms with Crippen molar-refractivity contribution < 1.29 is 0 Å². The molecule has 2 heterocycles. The molecule has 3 aromatic rings. The normalized spacial score (nSPS) is 10.7. The minimum atomic E-state index is 0.463. The summed E-state index contributed by atoms with van der Waals surface area (Å²) in [6.45, 7) is 0. The van der Waals surface area contributed by atoms with Gasteiger partial charge in [-0.25, -0.2) is 4.98 Å². The standard InChI is InChI=1S/C15H10Cl2N4/c16-5-3-15-20-12-9-19-6-4-14(12)21(15)13-2-1-10(8-18)7-11(13)17/h1-2,4,6-7,9H,3,5H2. The molecule has 0 N–H and O–H groups in total. The number of imidazole rings is 1. The van der Waals surface area contributed by atoms with Gasteiger partial charge >= 0.3 is 0 Å². The van der Waals surface area contributed by atoms with Gasteiger partial charge in [0.15, 0.2) is 0 Å². The van der Waals surface area contributed by atoms with Gasteiger partial charge in [0.1, 0.15) is 11.3 Å². The van der Waals surface area contributed by atoms with Crippen molar-refractivity contribution in [3.05, 3.63) is 53.1 Å². The first-order chi connectivity index (χ1) is 10.2. The van der Waals surface area contributed by atoms with Gasteiger partial charge in [-0.1, -0.05) is 11.6 Å². The predicted octanol–water partition coefficient (Wildman–Crippen LogP) is 3.73. The third-order valence-electron chi connectivity index (χ3n) is 3.16. The number of rotatable bonds is 3. The SMILES string of the molecule is N#Cc1ccc(-n2c(CCCl)nc3cnccc32)c(Cl)c1. The Labute approximate surface area is 131 Å². The molecule has 0 aliphatic rings. The Hall–Kier alpha value is -2.09. The number of hydrogen-bond acceptors (Lipinski definition) is 3. The highest BCUT2D eigenvalue weighted by molar-refractivity contribution is 6.32. The summed E-state index contributed by atoms with van der Waals surface area (Å²) < 4.78 is 1.96. The van der Waals surface area contributed by atoms with E-state index in [4.69, 9.17) is 28.5 Å². The van der Waals surface area contributed by atoms with Crippen molar-refractivity contribution in [2.24, 2.45) is 0 Å². The summed E-state index contributed by atoms with van der Waals surface area (Å²) in [7, 11) is 0. The maximum atomic E-state index is 8.94. The Kier molecular flexibility index (Phi) is 3.78. The van der Waals surface area contributed by atoms with Crippen LogP contribution in [0.2, 0.25) is 5.02 Å². The number of nitrogens with zero attached hydrogens (tertiary/aromatic N) is 4. The van der Waals surface area contributed by atoms with Gasteiger partial charge in [0.2, 0.25) is 0 Å². The largest absolute Gasteiger partial charge is 0.295 e. The van der Waals surface area contributed by atoms with E-state index in [2.05, 4.69) is 16.0 Å². The molecule has 2 aromatic heterocycles. The third-order valence-corrected chi connectivity index (χ3v) is 3.65. The van der Waals surface area contributed by atoms with Crippen LogP contribution in [0.1, 0.15) is 11.4 Å². The molecule has 0 spiro atoms. The summed E-state index contributed by atoms with van der Waals surface area (Å²) in [6, 6.07) is 9.16. The number of alkyl halides is 1. The van der Waals surface area contributed by atoms with Gasteiger partial charge in [0, 0.05) is 18.5 Å². The van der Waals surface area contributed by atoms with Crippen LogP contribution in [0.15, 0.2) is 36.7 Å². The quantitative estimate of drug-likeness (QED) is 0.692. The topological polar surface area (TPSA) is 54.5 Å². The van der Waals surface area contributed by atoms with E-state index in [0.717, 1.165) is 22.5 Å². The van der Waals surface area contributed by atoms with Gasteiger partial charge in [0.05, 0.1) is 34.1 Å². The predicted molar refractivity (Wildman–Crippen MR) is 83.0 cm³/mol. The van der Waals surface area contributed by atoms with Gasteiger partial charge in [0.25, 0.3) is 0 Å². The second kappa shape index (κ2) is 5.72. The van der Waals surface area contributed by atoms with E-state index in [1.165, 1.54) is 0 Å². The van der Waals surface area contributed by atoms with Crippen LogP contribution in [0, 0.1) is 11.3 Å². The van der Waals surface area contributed by atoms with Crippen LogP contribution < -0.4 is 0 Å². The molecule has 6 heteroatoms. The highest BCUT2D eigenvalue weighted by Gasteiger charge is 2.14. The Bertz CT molecular complexity index is 848. The molecule has 104 valence electrons. The van der Waals surface area contributed by atoms with E-state index in [-0.39, 0.29) is 0 Å². The highest BCUT2D eigenvalue weighted by Crippen LogP contribution is 2.27. The zero-order valence-corrected chi connectivity index (χ0v) is 12.4. The molecule has 0 unspecified atom stereocenters. The van der Waals surface area contributed by atoms with E-state index in [0.29, 0.717) is 22.9 Å². The fourth-order valence-corrected chi connectivity index (χ4v) is 2.69. The molecule has 0 amide bonds. The summed E-state index contributed by atoms with van der Waals surface area (Å²) in [4.78, 5) is 8.64. The molecule has 0 aliphatic carbocycles. The first kappa shape index (κ1) is 13.9. The van der Waals surface area contributed by atoms with E-state index in [9.17, 15) is 0 Å². The van der Waals surface area contributed by atoms with Crippen LogP contribution in [0.4, 0.5) is 0 Å². The minimum Gasteiger partial charge on any atom is -0.295 e. The van der Waals surface area contributed by atoms with Gasteiger partial charge in [-0.15, -0.1) is 11.6 Å². The lowest BCUT2D eigenvalue weighted by Crippen LogP contribution is -2.03. The van der Waals surface area contributed by atoms with Crippen LogP contribution in [0.5, 0.6) is 0 Å². The Balaban J connectivity index is 2.28. The zero-order chi connectivity index (χ0) is 14.8. The Morgan fingerprint density at radius 1 is 1.29 bits per heavy atom. The fourth-order valence-electron chi connectivity index (χ4n) is 2.26. The number of aromatic nitrogens is 3. The maximum absolute atomic E-state index is 8.94. The second-order valence-electron chi connectivity index (χ2n) is 4.44. The highest BCUT2D eigenvalue weighted by atomic mass is 35.5. The van der Waals surface area contributed by atoms with E-state index < -0.39 is 0 Å². The van der Waals surface area contributed by atoms with E-state index in [1.54, 1.807) is 24.5 Å². The van der Waals surface area contributed by atoms with Crippen molar-refractivity contribution in [2.45, 2.75) is 6.42 Å². The maximum Gasteiger partial charge on any atom is 0.115 e. The lowest BCUT2D eigenvalue weighted by Gasteiger charge is -2.10. The Morgan fingerprint density at radius 3 is 2.86 bits per heavy atom. The first-order valence-electron chi connectivity index (χ1n) is 6.32.